The monoisotopic (exact) mass is 411 g/mol. The Bertz CT molecular complexity index is 1020. The van der Waals surface area contributed by atoms with Gasteiger partial charge in [0.1, 0.15) is 23.0 Å². The number of nitrogens with zero attached hydrogens (tertiary/aromatic N) is 3. The first kappa shape index (κ1) is 20.2. The van der Waals surface area contributed by atoms with Crippen LogP contribution in [0.3, 0.4) is 0 Å². The summed E-state index contributed by atoms with van der Waals surface area (Å²) in [6.07, 6.45) is 0.536. The molecule has 0 bridgehead atoms. The minimum atomic E-state index is -0.999. The van der Waals surface area contributed by atoms with Crippen molar-refractivity contribution in [1.29, 1.82) is 0 Å². The Morgan fingerprint density at radius 2 is 1.71 bits per heavy atom. The standard InChI is InChI=1S/C19H17F4N3OS/c1-25(2)6-3-7-26(18(27)13-5-4-11(20)8-14(13)22)19-24-17-15(23)9-12(21)10-16(17)28-19/h4-5,8-10H,3,6-7H2,1-2H3. The Morgan fingerprint density at radius 1 is 1.00 bits per heavy atom. The van der Waals surface area contributed by atoms with E-state index in [0.29, 0.717) is 25.1 Å². The summed E-state index contributed by atoms with van der Waals surface area (Å²) < 4.78 is 55.0. The van der Waals surface area contributed by atoms with Gasteiger partial charge in [-0.05, 0) is 45.3 Å². The van der Waals surface area contributed by atoms with E-state index < -0.39 is 29.2 Å². The zero-order chi connectivity index (χ0) is 20.4. The van der Waals surface area contributed by atoms with Crippen LogP contribution in [0.25, 0.3) is 10.2 Å². The largest absolute Gasteiger partial charge is 0.309 e. The van der Waals surface area contributed by atoms with Crippen molar-refractivity contribution in [3.63, 3.8) is 0 Å². The Morgan fingerprint density at radius 3 is 2.39 bits per heavy atom. The lowest BCUT2D eigenvalue weighted by atomic mass is 10.2. The lowest BCUT2D eigenvalue weighted by Gasteiger charge is -2.21. The van der Waals surface area contributed by atoms with Gasteiger partial charge in [-0.1, -0.05) is 11.3 Å². The molecule has 0 saturated carbocycles. The molecular formula is C19H17F4N3OS. The first-order valence-corrected chi connectivity index (χ1v) is 9.25. The molecule has 0 fully saturated rings. The number of benzene rings is 2. The molecule has 0 atom stereocenters. The van der Waals surface area contributed by atoms with Crippen molar-refractivity contribution < 1.29 is 22.4 Å². The quantitative estimate of drug-likeness (QED) is 0.563. The van der Waals surface area contributed by atoms with Crippen LogP contribution < -0.4 is 4.90 Å². The molecule has 1 aromatic heterocycles. The van der Waals surface area contributed by atoms with Crippen LogP contribution in [0.2, 0.25) is 0 Å². The normalized spacial score (nSPS) is 11.4. The molecule has 0 spiro atoms. The number of fused-ring (bicyclic) bond motifs is 1. The van der Waals surface area contributed by atoms with E-state index in [0.717, 1.165) is 29.5 Å². The van der Waals surface area contributed by atoms with Crippen molar-refractivity contribution >= 4 is 32.6 Å². The number of carbonyl (C=O) groups is 1. The number of hydrogen-bond donors (Lipinski definition) is 0. The molecule has 3 rings (SSSR count). The molecule has 4 nitrogen and oxygen atoms in total. The second kappa shape index (κ2) is 8.24. The molecule has 0 unspecified atom stereocenters. The summed E-state index contributed by atoms with van der Waals surface area (Å²) in [7, 11) is 3.73. The fourth-order valence-electron chi connectivity index (χ4n) is 2.70. The van der Waals surface area contributed by atoms with Crippen LogP contribution >= 0.6 is 11.3 Å². The third-order valence-corrected chi connectivity index (χ3v) is 5.05. The number of thiazole rings is 1. The summed E-state index contributed by atoms with van der Waals surface area (Å²) in [5.74, 6) is -4.12. The predicted octanol–water partition coefficient (Wildman–Crippen LogP) is 4.45. The Hall–Kier alpha value is -2.52. The average Bonchev–Trinajstić information content (AvgIpc) is 3.02. The fourth-order valence-corrected chi connectivity index (χ4v) is 3.73. The van der Waals surface area contributed by atoms with Crippen LogP contribution in [0, 0.1) is 23.3 Å². The highest BCUT2D eigenvalue weighted by molar-refractivity contribution is 7.22. The first-order valence-electron chi connectivity index (χ1n) is 8.43. The van der Waals surface area contributed by atoms with Crippen LogP contribution in [0.15, 0.2) is 30.3 Å². The Labute approximate surface area is 163 Å². The highest BCUT2D eigenvalue weighted by Crippen LogP contribution is 2.32. The summed E-state index contributed by atoms with van der Waals surface area (Å²) in [6.45, 7) is 0.821. The van der Waals surface area contributed by atoms with Crippen molar-refractivity contribution in [1.82, 2.24) is 9.88 Å². The summed E-state index contributed by atoms with van der Waals surface area (Å²) in [6, 6.07) is 4.50. The van der Waals surface area contributed by atoms with Gasteiger partial charge in [-0.25, -0.2) is 22.5 Å². The van der Waals surface area contributed by atoms with E-state index >= 15 is 0 Å². The van der Waals surface area contributed by atoms with Crippen LogP contribution in [-0.2, 0) is 0 Å². The number of hydrogen-bond acceptors (Lipinski definition) is 4. The van der Waals surface area contributed by atoms with Gasteiger partial charge >= 0.3 is 0 Å². The average molecular weight is 411 g/mol. The molecule has 0 aliphatic heterocycles. The van der Waals surface area contributed by atoms with Crippen LogP contribution in [-0.4, -0.2) is 43.0 Å². The molecule has 0 radical (unpaired) electrons. The van der Waals surface area contributed by atoms with Crippen LogP contribution in [0.5, 0.6) is 0 Å². The van der Waals surface area contributed by atoms with Crippen molar-refractivity contribution in [2.75, 3.05) is 32.1 Å². The topological polar surface area (TPSA) is 36.4 Å². The molecule has 148 valence electrons. The van der Waals surface area contributed by atoms with Gasteiger partial charge in [0.15, 0.2) is 10.9 Å². The van der Waals surface area contributed by atoms with Crippen LogP contribution in [0.4, 0.5) is 22.7 Å². The lowest BCUT2D eigenvalue weighted by Crippen LogP contribution is -2.34. The highest BCUT2D eigenvalue weighted by Gasteiger charge is 2.24. The van der Waals surface area contributed by atoms with Crippen molar-refractivity contribution in [2.45, 2.75) is 6.42 Å². The molecule has 0 N–H and O–H groups in total. The SMILES string of the molecule is CN(C)CCCN(C(=O)c1ccc(F)cc1F)c1nc2c(F)cc(F)cc2s1. The fraction of sp³-hybridized carbons (Fsp3) is 0.263. The summed E-state index contributed by atoms with van der Waals surface area (Å²) in [5, 5.41) is 0.118. The number of rotatable bonds is 6. The summed E-state index contributed by atoms with van der Waals surface area (Å²) in [4.78, 5) is 20.2. The van der Waals surface area contributed by atoms with Crippen molar-refractivity contribution in [3.8, 4) is 0 Å². The number of aromatic nitrogens is 1. The number of carbonyl (C=O) groups excluding carboxylic acids is 1. The van der Waals surface area contributed by atoms with Crippen molar-refractivity contribution in [2.24, 2.45) is 0 Å². The van der Waals surface area contributed by atoms with Crippen molar-refractivity contribution in [3.05, 3.63) is 59.2 Å². The number of halogens is 4. The molecule has 0 aliphatic rings. The van der Waals surface area contributed by atoms with Gasteiger partial charge in [-0.2, -0.15) is 0 Å². The van der Waals surface area contributed by atoms with Gasteiger partial charge in [-0.3, -0.25) is 9.69 Å². The zero-order valence-corrected chi connectivity index (χ0v) is 16.0. The third kappa shape index (κ3) is 4.31. The molecule has 0 aliphatic carbocycles. The molecule has 2 aromatic carbocycles. The molecule has 1 heterocycles. The first-order chi connectivity index (χ1) is 13.3. The van der Waals surface area contributed by atoms with E-state index in [1.807, 2.05) is 19.0 Å². The highest BCUT2D eigenvalue weighted by atomic mass is 32.1. The number of anilines is 1. The second-order valence-electron chi connectivity index (χ2n) is 6.47. The summed E-state index contributed by atoms with van der Waals surface area (Å²) in [5.41, 5.74) is -0.386. The minimum Gasteiger partial charge on any atom is -0.309 e. The Kier molecular flexibility index (Phi) is 5.95. The Balaban J connectivity index is 2.01. The van der Waals surface area contributed by atoms with Gasteiger partial charge in [0.25, 0.3) is 5.91 Å². The predicted molar refractivity (Wildman–Crippen MR) is 101 cm³/mol. The third-order valence-electron chi connectivity index (χ3n) is 4.03. The van der Waals surface area contributed by atoms with E-state index in [-0.39, 0.29) is 27.5 Å². The molecule has 1 amide bonds. The molecule has 9 heteroatoms. The van der Waals surface area contributed by atoms with E-state index in [4.69, 9.17) is 0 Å². The van der Waals surface area contributed by atoms with Gasteiger partial charge in [0.05, 0.1) is 10.3 Å². The minimum absolute atomic E-state index is 0.0635. The molecule has 0 saturated heterocycles. The van der Waals surface area contributed by atoms with Crippen LogP contribution in [0.1, 0.15) is 16.8 Å². The second-order valence-corrected chi connectivity index (χ2v) is 7.48. The van der Waals surface area contributed by atoms with Gasteiger partial charge in [0, 0.05) is 18.7 Å². The van der Waals surface area contributed by atoms with Gasteiger partial charge < -0.3 is 4.90 Å². The molecule has 28 heavy (non-hydrogen) atoms. The van der Waals surface area contributed by atoms with E-state index in [1.165, 1.54) is 4.90 Å². The van der Waals surface area contributed by atoms with Gasteiger partial charge in [-0.15, -0.1) is 0 Å². The van der Waals surface area contributed by atoms with E-state index in [9.17, 15) is 22.4 Å². The molecular weight excluding hydrogens is 394 g/mol. The van der Waals surface area contributed by atoms with Gasteiger partial charge in [0.2, 0.25) is 0 Å². The maximum absolute atomic E-state index is 14.1. The zero-order valence-electron chi connectivity index (χ0n) is 15.2. The molecule has 3 aromatic rings. The lowest BCUT2D eigenvalue weighted by molar-refractivity contribution is 0.0982. The van der Waals surface area contributed by atoms with E-state index in [2.05, 4.69) is 4.98 Å². The maximum atomic E-state index is 14.1. The maximum Gasteiger partial charge on any atom is 0.263 e. The summed E-state index contributed by atoms with van der Waals surface area (Å²) >= 11 is 0.928. The smallest absolute Gasteiger partial charge is 0.263 e. The number of amides is 1. The van der Waals surface area contributed by atoms with E-state index in [1.54, 1.807) is 0 Å².